The summed E-state index contributed by atoms with van der Waals surface area (Å²) in [6, 6.07) is 14.0. The number of nitrogens with one attached hydrogen (secondary N) is 2. The van der Waals surface area contributed by atoms with Crippen molar-refractivity contribution in [3.05, 3.63) is 83.8 Å². The van der Waals surface area contributed by atoms with E-state index in [0.717, 1.165) is 47.4 Å². The van der Waals surface area contributed by atoms with Crippen molar-refractivity contribution in [3.63, 3.8) is 0 Å². The van der Waals surface area contributed by atoms with E-state index < -0.39 is 0 Å². The van der Waals surface area contributed by atoms with Crippen LogP contribution < -0.4 is 10.6 Å². The summed E-state index contributed by atoms with van der Waals surface area (Å²) >= 11 is 1.57. The first kappa shape index (κ1) is 18.2. The van der Waals surface area contributed by atoms with Crippen molar-refractivity contribution in [3.8, 4) is 10.7 Å². The lowest BCUT2D eigenvalue weighted by Gasteiger charge is -2.08. The van der Waals surface area contributed by atoms with Crippen molar-refractivity contribution in [1.82, 2.24) is 25.3 Å². The number of aromatic nitrogens is 4. The first-order chi connectivity index (χ1) is 13.9. The summed E-state index contributed by atoms with van der Waals surface area (Å²) < 4.78 is 0. The summed E-state index contributed by atoms with van der Waals surface area (Å²) in [7, 11) is 0. The largest absolute Gasteiger partial charge is 0.325 e. The topological polar surface area (TPSA) is 75.6 Å². The molecule has 0 aliphatic rings. The predicted octanol–water partition coefficient (Wildman–Crippen LogP) is 4.07. The molecular formula is C21H20N6S. The average molecular weight is 389 g/mol. The molecule has 0 unspecified atom stereocenters. The highest BCUT2D eigenvalue weighted by Crippen LogP contribution is 2.22. The smallest absolute Gasteiger partial charge is 0.141 e. The fourth-order valence-electron chi connectivity index (χ4n) is 2.72. The number of rotatable bonds is 8. The molecule has 0 spiro atoms. The fourth-order valence-corrected chi connectivity index (χ4v) is 3.33. The van der Waals surface area contributed by atoms with Crippen molar-refractivity contribution < 1.29 is 0 Å². The fraction of sp³-hybridized carbons (Fsp3) is 0.143. The molecular weight excluding hydrogens is 368 g/mol. The van der Waals surface area contributed by atoms with Crippen LogP contribution in [-0.4, -0.2) is 26.5 Å². The lowest BCUT2D eigenvalue weighted by atomic mass is 10.2. The van der Waals surface area contributed by atoms with Gasteiger partial charge < -0.3 is 10.6 Å². The number of thiazole rings is 1. The minimum absolute atomic E-state index is 0.753. The van der Waals surface area contributed by atoms with Gasteiger partial charge in [-0.3, -0.25) is 4.98 Å². The Balaban J connectivity index is 1.29. The second kappa shape index (κ2) is 9.16. The van der Waals surface area contributed by atoms with Gasteiger partial charge in [0.05, 0.1) is 0 Å². The Kier molecular flexibility index (Phi) is 5.96. The molecule has 0 amide bonds. The van der Waals surface area contributed by atoms with E-state index in [1.165, 1.54) is 5.56 Å². The molecule has 0 aromatic carbocycles. The van der Waals surface area contributed by atoms with Crippen molar-refractivity contribution in [2.75, 3.05) is 11.9 Å². The summed E-state index contributed by atoms with van der Waals surface area (Å²) in [6.07, 6.45) is 8.30. The van der Waals surface area contributed by atoms with Gasteiger partial charge in [0.1, 0.15) is 22.3 Å². The van der Waals surface area contributed by atoms with Crippen molar-refractivity contribution in [1.29, 1.82) is 0 Å². The maximum Gasteiger partial charge on any atom is 0.141 e. The predicted molar refractivity (Wildman–Crippen MR) is 113 cm³/mol. The summed E-state index contributed by atoms with van der Waals surface area (Å²) in [5.41, 5.74) is 3.28. The van der Waals surface area contributed by atoms with Crippen LogP contribution in [0.4, 0.5) is 11.6 Å². The van der Waals surface area contributed by atoms with E-state index in [1.54, 1.807) is 17.5 Å². The molecule has 7 heteroatoms. The van der Waals surface area contributed by atoms with Gasteiger partial charge >= 0.3 is 0 Å². The first-order valence-electron chi connectivity index (χ1n) is 9.05. The summed E-state index contributed by atoms with van der Waals surface area (Å²) in [4.78, 5) is 17.4. The summed E-state index contributed by atoms with van der Waals surface area (Å²) in [6.45, 7) is 1.70. The molecule has 2 N–H and O–H groups in total. The molecule has 0 saturated heterocycles. The highest BCUT2D eigenvalue weighted by molar-refractivity contribution is 7.13. The van der Waals surface area contributed by atoms with Crippen molar-refractivity contribution in [2.45, 2.75) is 13.0 Å². The Morgan fingerprint density at radius 3 is 2.57 bits per heavy atom. The van der Waals surface area contributed by atoms with Gasteiger partial charge in [-0.05, 0) is 54.4 Å². The molecule has 0 aliphatic heterocycles. The van der Waals surface area contributed by atoms with Crippen LogP contribution in [0.1, 0.15) is 11.1 Å². The maximum absolute atomic E-state index is 4.60. The van der Waals surface area contributed by atoms with Crippen LogP contribution >= 0.6 is 11.3 Å². The highest BCUT2D eigenvalue weighted by atomic mass is 32.1. The van der Waals surface area contributed by atoms with E-state index >= 15 is 0 Å². The first-order valence-corrected chi connectivity index (χ1v) is 9.93. The number of hydrogen-bond donors (Lipinski definition) is 2. The molecule has 0 bridgehead atoms. The minimum Gasteiger partial charge on any atom is -0.325 e. The van der Waals surface area contributed by atoms with Crippen LogP contribution in [0.3, 0.4) is 0 Å². The monoisotopic (exact) mass is 388 g/mol. The Morgan fingerprint density at radius 1 is 0.857 bits per heavy atom. The van der Waals surface area contributed by atoms with Crippen LogP contribution in [0.25, 0.3) is 10.7 Å². The zero-order chi connectivity index (χ0) is 19.0. The van der Waals surface area contributed by atoms with Gasteiger partial charge in [0, 0.05) is 36.7 Å². The Bertz CT molecular complexity index is 987. The lowest BCUT2D eigenvalue weighted by Crippen LogP contribution is -2.16. The second-order valence-electron chi connectivity index (χ2n) is 6.20. The van der Waals surface area contributed by atoms with Crippen LogP contribution in [0, 0.1) is 0 Å². The number of pyridine rings is 3. The van der Waals surface area contributed by atoms with Crippen LogP contribution in [0.2, 0.25) is 0 Å². The van der Waals surface area contributed by atoms with Gasteiger partial charge in [-0.1, -0.05) is 12.1 Å². The Labute approximate surface area is 167 Å². The minimum atomic E-state index is 0.753. The molecule has 4 aromatic rings. The SMILES string of the molecule is c1cc(Nc2ccc(CNCCc3ccncc3)cn2)nc(-c2nccs2)c1. The van der Waals surface area contributed by atoms with Gasteiger partial charge in [-0.25, -0.2) is 15.0 Å². The van der Waals surface area contributed by atoms with Gasteiger partial charge in [-0.15, -0.1) is 11.3 Å². The molecule has 28 heavy (non-hydrogen) atoms. The molecule has 0 aliphatic carbocycles. The van der Waals surface area contributed by atoms with Gasteiger partial charge in [-0.2, -0.15) is 0 Å². The van der Waals surface area contributed by atoms with E-state index in [9.17, 15) is 0 Å². The second-order valence-corrected chi connectivity index (χ2v) is 7.10. The Hall–Kier alpha value is -3.16. The average Bonchev–Trinajstić information content (AvgIpc) is 3.28. The van der Waals surface area contributed by atoms with E-state index in [4.69, 9.17) is 0 Å². The molecule has 4 rings (SSSR count). The molecule has 0 fully saturated rings. The molecule has 0 radical (unpaired) electrons. The maximum atomic E-state index is 4.60. The molecule has 0 saturated carbocycles. The van der Waals surface area contributed by atoms with E-state index in [2.05, 4.69) is 36.6 Å². The number of nitrogens with zero attached hydrogens (tertiary/aromatic N) is 4. The van der Waals surface area contributed by atoms with Crippen LogP contribution in [-0.2, 0) is 13.0 Å². The summed E-state index contributed by atoms with van der Waals surface area (Å²) in [5.74, 6) is 1.52. The molecule has 4 aromatic heterocycles. The zero-order valence-corrected chi connectivity index (χ0v) is 16.1. The molecule has 4 heterocycles. The number of hydrogen-bond acceptors (Lipinski definition) is 7. The van der Waals surface area contributed by atoms with Crippen LogP contribution in [0.15, 0.2) is 72.6 Å². The van der Waals surface area contributed by atoms with Crippen LogP contribution in [0.5, 0.6) is 0 Å². The van der Waals surface area contributed by atoms with E-state index in [1.807, 2.05) is 60.4 Å². The quantitative estimate of drug-likeness (QED) is 0.443. The molecule has 6 nitrogen and oxygen atoms in total. The number of anilines is 2. The van der Waals surface area contributed by atoms with Gasteiger partial charge in [0.15, 0.2) is 0 Å². The van der Waals surface area contributed by atoms with Gasteiger partial charge in [0.2, 0.25) is 0 Å². The van der Waals surface area contributed by atoms with E-state index in [-0.39, 0.29) is 0 Å². The third-order valence-corrected chi connectivity index (χ3v) is 4.95. The molecule has 140 valence electrons. The zero-order valence-electron chi connectivity index (χ0n) is 15.2. The normalized spacial score (nSPS) is 10.7. The van der Waals surface area contributed by atoms with Crippen molar-refractivity contribution >= 4 is 23.0 Å². The standard InChI is InChI=1S/C21H20N6S/c1-2-18(21-24-12-13-28-21)26-20(3-1)27-19-5-4-17(15-25-19)14-23-11-8-16-6-9-22-10-7-16/h1-7,9-10,12-13,15,23H,8,11,14H2,(H,25,26,27). The van der Waals surface area contributed by atoms with Gasteiger partial charge in [0.25, 0.3) is 0 Å². The lowest BCUT2D eigenvalue weighted by molar-refractivity contribution is 0.685. The third-order valence-electron chi connectivity index (χ3n) is 4.15. The third kappa shape index (κ3) is 4.97. The van der Waals surface area contributed by atoms with Crippen molar-refractivity contribution in [2.24, 2.45) is 0 Å². The highest BCUT2D eigenvalue weighted by Gasteiger charge is 2.04. The van der Waals surface area contributed by atoms with E-state index in [0.29, 0.717) is 0 Å². The summed E-state index contributed by atoms with van der Waals surface area (Å²) in [5, 5.41) is 9.55. The molecule has 0 atom stereocenters. The Morgan fingerprint density at radius 2 is 1.79 bits per heavy atom.